The second-order valence-corrected chi connectivity index (χ2v) is 9.42. The van der Waals surface area contributed by atoms with Crippen LogP contribution in [0.1, 0.15) is 12.0 Å². The zero-order valence-corrected chi connectivity index (χ0v) is 18.4. The lowest BCUT2D eigenvalue weighted by atomic mass is 10.1. The van der Waals surface area contributed by atoms with E-state index in [1.54, 1.807) is 17.4 Å². The van der Waals surface area contributed by atoms with Gasteiger partial charge in [0.15, 0.2) is 0 Å². The summed E-state index contributed by atoms with van der Waals surface area (Å²) in [4.78, 5) is 19.1. The topological polar surface area (TPSA) is 81.0 Å². The van der Waals surface area contributed by atoms with Gasteiger partial charge in [0.2, 0.25) is 0 Å². The number of anilines is 3. The predicted molar refractivity (Wildman–Crippen MR) is 127 cm³/mol. The number of benzene rings is 1. The number of hydrogen-bond donors (Lipinski definition) is 1. The number of nitriles is 1. The zero-order chi connectivity index (χ0) is 21.7. The largest absolute Gasteiger partial charge is 0.351 e. The number of nitrogens with one attached hydrogen (secondary N) is 1. The molecule has 0 aliphatic carbocycles. The zero-order valence-electron chi connectivity index (χ0n) is 17.6. The number of aromatic nitrogens is 3. The molecule has 0 spiro atoms. The highest BCUT2D eigenvalue weighted by molar-refractivity contribution is 7.21. The van der Waals surface area contributed by atoms with Gasteiger partial charge in [0.25, 0.3) is 0 Å². The normalized spacial score (nSPS) is 20.1. The van der Waals surface area contributed by atoms with Gasteiger partial charge in [-0.2, -0.15) is 5.26 Å². The highest BCUT2D eigenvalue weighted by Crippen LogP contribution is 2.34. The van der Waals surface area contributed by atoms with Crippen molar-refractivity contribution in [2.75, 3.05) is 30.4 Å². The van der Waals surface area contributed by atoms with E-state index in [1.165, 1.54) is 6.42 Å². The molecule has 0 radical (unpaired) electrons. The molecule has 2 fully saturated rings. The van der Waals surface area contributed by atoms with Crippen molar-refractivity contribution in [1.29, 1.82) is 5.26 Å². The Hall–Kier alpha value is -3.54. The Morgan fingerprint density at radius 1 is 1.06 bits per heavy atom. The van der Waals surface area contributed by atoms with E-state index in [0.29, 0.717) is 23.5 Å². The van der Waals surface area contributed by atoms with Crippen molar-refractivity contribution in [1.82, 2.24) is 19.9 Å². The third-order valence-corrected chi connectivity index (χ3v) is 7.37. The molecule has 0 unspecified atom stereocenters. The third kappa shape index (κ3) is 3.36. The summed E-state index contributed by atoms with van der Waals surface area (Å²) in [6.07, 6.45) is 3.06. The molecule has 0 saturated carbocycles. The first kappa shape index (κ1) is 19.2. The number of likely N-dealkylation sites (N-methyl/N-ethyl adjacent to an activating group) is 1. The molecule has 5 heterocycles. The molecule has 4 aromatic rings. The SMILES string of the molecule is CN1C[C@@H]2C[C@H]1CN2c1cccc(Nc2cc3nc(-c4cccc(C#N)c4)sc3cn2)n1. The predicted octanol–water partition coefficient (Wildman–Crippen LogP) is 4.26. The van der Waals surface area contributed by atoms with E-state index in [1.807, 2.05) is 42.6 Å². The molecular weight excluding hydrogens is 418 g/mol. The number of thiazole rings is 1. The Kier molecular flexibility index (Phi) is 4.52. The van der Waals surface area contributed by atoms with Gasteiger partial charge in [-0.05, 0) is 37.7 Å². The van der Waals surface area contributed by atoms with E-state index < -0.39 is 0 Å². The second-order valence-electron chi connectivity index (χ2n) is 8.39. The van der Waals surface area contributed by atoms with Gasteiger partial charge >= 0.3 is 0 Å². The van der Waals surface area contributed by atoms with Crippen molar-refractivity contribution in [2.24, 2.45) is 0 Å². The molecule has 6 rings (SSSR count). The van der Waals surface area contributed by atoms with Crippen molar-refractivity contribution < 1.29 is 0 Å². The Bertz CT molecular complexity index is 1360. The van der Waals surface area contributed by atoms with E-state index >= 15 is 0 Å². The first-order valence-corrected chi connectivity index (χ1v) is 11.5. The molecule has 2 saturated heterocycles. The van der Waals surface area contributed by atoms with Crippen LogP contribution in [0.2, 0.25) is 0 Å². The van der Waals surface area contributed by atoms with Crippen molar-refractivity contribution in [3.05, 3.63) is 60.3 Å². The summed E-state index contributed by atoms with van der Waals surface area (Å²) in [6, 6.07) is 18.9. The number of pyridine rings is 2. The molecule has 1 aromatic carbocycles. The first-order valence-electron chi connectivity index (χ1n) is 10.6. The van der Waals surface area contributed by atoms with Gasteiger partial charge < -0.3 is 10.2 Å². The van der Waals surface area contributed by atoms with E-state index in [-0.39, 0.29) is 0 Å². The molecule has 2 aliphatic heterocycles. The first-order chi connectivity index (χ1) is 15.7. The van der Waals surface area contributed by atoms with Crippen LogP contribution in [0.5, 0.6) is 0 Å². The number of hydrogen-bond acceptors (Lipinski definition) is 8. The molecule has 2 bridgehead atoms. The van der Waals surface area contributed by atoms with Crippen LogP contribution in [0.3, 0.4) is 0 Å². The minimum Gasteiger partial charge on any atom is -0.351 e. The number of nitrogens with zero attached hydrogens (tertiary/aromatic N) is 6. The van der Waals surface area contributed by atoms with Crippen LogP contribution < -0.4 is 10.2 Å². The molecule has 158 valence electrons. The smallest absolute Gasteiger partial charge is 0.133 e. The van der Waals surface area contributed by atoms with Gasteiger partial charge in [-0.25, -0.2) is 15.0 Å². The van der Waals surface area contributed by atoms with Gasteiger partial charge in [-0.3, -0.25) is 4.90 Å². The average Bonchev–Trinajstić information content (AvgIpc) is 3.52. The van der Waals surface area contributed by atoms with Crippen molar-refractivity contribution in [3.63, 3.8) is 0 Å². The average molecular weight is 440 g/mol. The summed E-state index contributed by atoms with van der Waals surface area (Å²) in [7, 11) is 2.21. The van der Waals surface area contributed by atoms with E-state index in [0.717, 1.165) is 45.5 Å². The Morgan fingerprint density at radius 3 is 2.78 bits per heavy atom. The van der Waals surface area contributed by atoms with Crippen LogP contribution in [0.4, 0.5) is 17.5 Å². The van der Waals surface area contributed by atoms with E-state index in [9.17, 15) is 0 Å². The number of rotatable bonds is 4. The van der Waals surface area contributed by atoms with Gasteiger partial charge in [0, 0.05) is 43.0 Å². The summed E-state index contributed by atoms with van der Waals surface area (Å²) in [5.74, 6) is 2.51. The summed E-state index contributed by atoms with van der Waals surface area (Å²) in [5.41, 5.74) is 2.45. The number of fused-ring (bicyclic) bond motifs is 3. The summed E-state index contributed by atoms with van der Waals surface area (Å²) in [6.45, 7) is 2.14. The minimum atomic E-state index is 0.551. The molecule has 0 amide bonds. The van der Waals surface area contributed by atoms with Crippen LogP contribution in [-0.4, -0.2) is 52.1 Å². The maximum atomic E-state index is 9.16. The highest BCUT2D eigenvalue weighted by Gasteiger charge is 2.41. The fraction of sp³-hybridized carbons (Fsp3) is 0.250. The standard InChI is InChI=1S/C24H21N7S/c1-30-13-18-9-17(30)14-31(18)23-7-3-6-21(29-23)28-22-10-19-20(12-26-22)32-24(27-19)16-5-2-4-15(8-16)11-25/h2-8,10,12,17-18H,9,13-14H2,1H3,(H,26,28,29)/t17-,18-/m0/s1. The Labute approximate surface area is 190 Å². The molecule has 1 N–H and O–H groups in total. The second kappa shape index (κ2) is 7.55. The lowest BCUT2D eigenvalue weighted by molar-refractivity contribution is 0.292. The summed E-state index contributed by atoms with van der Waals surface area (Å²) < 4.78 is 1.01. The summed E-state index contributed by atoms with van der Waals surface area (Å²) in [5, 5.41) is 13.4. The highest BCUT2D eigenvalue weighted by atomic mass is 32.1. The van der Waals surface area contributed by atoms with Gasteiger partial charge in [-0.15, -0.1) is 11.3 Å². The van der Waals surface area contributed by atoms with Crippen LogP contribution in [0, 0.1) is 11.3 Å². The quantitative estimate of drug-likeness (QED) is 0.509. The molecule has 7 nitrogen and oxygen atoms in total. The lowest BCUT2D eigenvalue weighted by Gasteiger charge is -2.32. The van der Waals surface area contributed by atoms with Crippen molar-refractivity contribution in [2.45, 2.75) is 18.5 Å². The number of likely N-dealkylation sites (tertiary alicyclic amines) is 1. The molecule has 3 aromatic heterocycles. The van der Waals surface area contributed by atoms with Gasteiger partial charge in [-0.1, -0.05) is 18.2 Å². The van der Waals surface area contributed by atoms with Crippen LogP contribution in [0.15, 0.2) is 54.7 Å². The third-order valence-electron chi connectivity index (χ3n) is 6.31. The number of piperazine rings is 1. The van der Waals surface area contributed by atoms with Crippen LogP contribution >= 0.6 is 11.3 Å². The lowest BCUT2D eigenvalue weighted by Crippen LogP contribution is -2.44. The summed E-state index contributed by atoms with van der Waals surface area (Å²) >= 11 is 1.57. The minimum absolute atomic E-state index is 0.551. The fourth-order valence-corrected chi connectivity index (χ4v) is 5.59. The van der Waals surface area contributed by atoms with Crippen LogP contribution in [-0.2, 0) is 0 Å². The molecule has 8 heteroatoms. The van der Waals surface area contributed by atoms with Gasteiger partial charge in [0.1, 0.15) is 22.5 Å². The molecule has 2 atom stereocenters. The molecule has 32 heavy (non-hydrogen) atoms. The maximum Gasteiger partial charge on any atom is 0.133 e. The van der Waals surface area contributed by atoms with Crippen molar-refractivity contribution in [3.8, 4) is 16.6 Å². The Morgan fingerprint density at radius 2 is 1.97 bits per heavy atom. The van der Waals surface area contributed by atoms with Crippen LogP contribution in [0.25, 0.3) is 20.8 Å². The van der Waals surface area contributed by atoms with E-state index in [2.05, 4.69) is 39.3 Å². The Balaban J connectivity index is 1.25. The van der Waals surface area contributed by atoms with Gasteiger partial charge in [0.05, 0.1) is 21.8 Å². The fourth-order valence-electron chi connectivity index (χ4n) is 4.68. The molecular formula is C24H21N7S. The maximum absolute atomic E-state index is 9.16. The monoisotopic (exact) mass is 439 g/mol. The van der Waals surface area contributed by atoms with E-state index in [4.69, 9.17) is 15.2 Å². The molecule has 2 aliphatic rings. The van der Waals surface area contributed by atoms with Crippen molar-refractivity contribution >= 4 is 39.0 Å².